The van der Waals surface area contributed by atoms with Crippen molar-refractivity contribution in [1.82, 2.24) is 0 Å². The topological polar surface area (TPSA) is 35.2 Å². The van der Waals surface area contributed by atoms with E-state index in [1.807, 2.05) is 42.5 Å². The number of fused-ring (bicyclic) bond motifs is 1. The molecule has 0 saturated heterocycles. The van der Waals surface area contributed by atoms with Crippen LogP contribution in [0.3, 0.4) is 0 Å². The summed E-state index contributed by atoms with van der Waals surface area (Å²) in [6.45, 7) is 0.188. The van der Waals surface area contributed by atoms with Crippen LogP contribution in [0.25, 0.3) is 21.9 Å². The molecule has 106 valence electrons. The van der Waals surface area contributed by atoms with Crippen LogP contribution in [0.15, 0.2) is 54.6 Å². The van der Waals surface area contributed by atoms with Gasteiger partial charge in [0.1, 0.15) is 11.6 Å². The highest BCUT2D eigenvalue weighted by Crippen LogP contribution is 2.34. The minimum Gasteiger partial charge on any atom is -0.496 e. The first-order chi connectivity index (χ1) is 10.2. The Kier molecular flexibility index (Phi) is 3.59. The van der Waals surface area contributed by atoms with Crippen LogP contribution in [0.5, 0.6) is 5.75 Å². The monoisotopic (exact) mass is 281 g/mol. The number of nitrogens with two attached hydrogens (primary N) is 1. The molecule has 2 nitrogen and oxygen atoms in total. The minimum atomic E-state index is -0.265. The summed E-state index contributed by atoms with van der Waals surface area (Å²) in [6, 6.07) is 17.0. The quantitative estimate of drug-likeness (QED) is 0.784. The average Bonchev–Trinajstić information content (AvgIpc) is 2.54. The van der Waals surface area contributed by atoms with Gasteiger partial charge in [-0.15, -0.1) is 0 Å². The third kappa shape index (κ3) is 2.36. The molecule has 0 radical (unpaired) electrons. The highest BCUT2D eigenvalue weighted by Gasteiger charge is 2.09. The van der Waals surface area contributed by atoms with Gasteiger partial charge in [0.2, 0.25) is 0 Å². The summed E-state index contributed by atoms with van der Waals surface area (Å²) in [5.41, 5.74) is 8.11. The molecule has 0 aliphatic heterocycles. The zero-order valence-electron chi connectivity index (χ0n) is 11.8. The second-order valence-corrected chi connectivity index (χ2v) is 4.87. The van der Waals surface area contributed by atoms with Gasteiger partial charge in [-0.25, -0.2) is 4.39 Å². The van der Waals surface area contributed by atoms with Crippen molar-refractivity contribution in [2.45, 2.75) is 6.54 Å². The van der Waals surface area contributed by atoms with E-state index in [0.717, 1.165) is 27.6 Å². The first kappa shape index (κ1) is 13.6. The van der Waals surface area contributed by atoms with Crippen molar-refractivity contribution in [3.8, 4) is 16.9 Å². The van der Waals surface area contributed by atoms with Gasteiger partial charge in [-0.05, 0) is 34.7 Å². The maximum Gasteiger partial charge on any atom is 0.127 e. The smallest absolute Gasteiger partial charge is 0.127 e. The van der Waals surface area contributed by atoms with E-state index in [2.05, 4.69) is 0 Å². The normalized spacial score (nSPS) is 10.8. The molecule has 0 aromatic heterocycles. The van der Waals surface area contributed by atoms with Crippen LogP contribution in [0.1, 0.15) is 5.56 Å². The fourth-order valence-corrected chi connectivity index (χ4v) is 2.60. The minimum absolute atomic E-state index is 0.188. The molecule has 0 fully saturated rings. The van der Waals surface area contributed by atoms with Crippen LogP contribution in [0.2, 0.25) is 0 Å². The molecule has 0 aliphatic rings. The van der Waals surface area contributed by atoms with E-state index in [9.17, 15) is 4.39 Å². The number of rotatable bonds is 3. The Morgan fingerprint density at radius 3 is 2.48 bits per heavy atom. The van der Waals surface area contributed by atoms with Gasteiger partial charge in [0.25, 0.3) is 0 Å². The summed E-state index contributed by atoms with van der Waals surface area (Å²) in [5.74, 6) is 0.564. The summed E-state index contributed by atoms with van der Waals surface area (Å²) in [6.07, 6.45) is 0. The van der Waals surface area contributed by atoms with Gasteiger partial charge >= 0.3 is 0 Å². The van der Waals surface area contributed by atoms with Crippen LogP contribution in [0, 0.1) is 5.82 Å². The van der Waals surface area contributed by atoms with Gasteiger partial charge in [-0.2, -0.15) is 0 Å². The van der Waals surface area contributed by atoms with Crippen molar-refractivity contribution in [3.63, 3.8) is 0 Å². The van der Waals surface area contributed by atoms with Crippen LogP contribution in [-0.4, -0.2) is 7.11 Å². The van der Waals surface area contributed by atoms with Crippen LogP contribution >= 0.6 is 0 Å². The SMILES string of the molecule is COc1ccc(-c2ccc(F)c(CN)c2)c2ccccc12. The van der Waals surface area contributed by atoms with Crippen LogP contribution in [0.4, 0.5) is 4.39 Å². The summed E-state index contributed by atoms with van der Waals surface area (Å²) in [5, 5.41) is 2.11. The molecule has 3 aromatic carbocycles. The van der Waals surface area contributed by atoms with Gasteiger partial charge in [-0.3, -0.25) is 0 Å². The van der Waals surface area contributed by atoms with Gasteiger partial charge < -0.3 is 10.5 Å². The Labute approximate surface area is 123 Å². The molecule has 0 saturated carbocycles. The number of hydrogen-bond acceptors (Lipinski definition) is 2. The third-order valence-corrected chi connectivity index (χ3v) is 3.68. The molecular weight excluding hydrogens is 265 g/mol. The lowest BCUT2D eigenvalue weighted by Gasteiger charge is -2.12. The van der Waals surface area contributed by atoms with Crippen molar-refractivity contribution in [1.29, 1.82) is 0 Å². The molecule has 0 bridgehead atoms. The van der Waals surface area contributed by atoms with E-state index in [-0.39, 0.29) is 12.4 Å². The molecule has 0 aliphatic carbocycles. The van der Waals surface area contributed by atoms with Gasteiger partial charge in [-0.1, -0.05) is 36.4 Å². The molecule has 3 rings (SSSR count). The summed E-state index contributed by atoms with van der Waals surface area (Å²) in [4.78, 5) is 0. The lowest BCUT2D eigenvalue weighted by molar-refractivity contribution is 0.420. The largest absolute Gasteiger partial charge is 0.496 e. The first-order valence-corrected chi connectivity index (χ1v) is 6.79. The molecular formula is C18H16FNO. The van der Waals surface area contributed by atoms with E-state index >= 15 is 0 Å². The van der Waals surface area contributed by atoms with Crippen molar-refractivity contribution in [3.05, 3.63) is 66.0 Å². The van der Waals surface area contributed by atoms with E-state index in [1.165, 1.54) is 6.07 Å². The molecule has 3 aromatic rings. The van der Waals surface area contributed by atoms with Crippen LogP contribution in [-0.2, 0) is 6.54 Å². The highest BCUT2D eigenvalue weighted by atomic mass is 19.1. The Hall–Kier alpha value is -2.39. The lowest BCUT2D eigenvalue weighted by atomic mass is 9.96. The zero-order chi connectivity index (χ0) is 14.8. The van der Waals surface area contributed by atoms with Crippen molar-refractivity contribution >= 4 is 10.8 Å². The van der Waals surface area contributed by atoms with Gasteiger partial charge in [0.05, 0.1) is 7.11 Å². The fraction of sp³-hybridized carbons (Fsp3) is 0.111. The second-order valence-electron chi connectivity index (χ2n) is 4.87. The Balaban J connectivity index is 2.26. The van der Waals surface area contributed by atoms with E-state index < -0.39 is 0 Å². The van der Waals surface area contributed by atoms with E-state index in [1.54, 1.807) is 13.2 Å². The number of hydrogen-bond donors (Lipinski definition) is 1. The molecule has 0 heterocycles. The molecule has 0 unspecified atom stereocenters. The van der Waals surface area contributed by atoms with Gasteiger partial charge in [0.15, 0.2) is 0 Å². The maximum atomic E-state index is 13.6. The molecule has 0 atom stereocenters. The number of methoxy groups -OCH3 is 1. The van der Waals surface area contributed by atoms with Crippen molar-refractivity contribution in [2.24, 2.45) is 5.73 Å². The molecule has 3 heteroatoms. The Morgan fingerprint density at radius 1 is 1.00 bits per heavy atom. The predicted molar refractivity (Wildman–Crippen MR) is 83.8 cm³/mol. The van der Waals surface area contributed by atoms with Crippen LogP contribution < -0.4 is 10.5 Å². The molecule has 21 heavy (non-hydrogen) atoms. The molecule has 0 amide bonds. The standard InChI is InChI=1S/C18H16FNO/c1-21-18-9-7-14(15-4-2-3-5-16(15)18)12-6-8-17(19)13(10-12)11-20/h2-10H,11,20H2,1H3. The van der Waals surface area contributed by atoms with Crippen molar-refractivity contribution < 1.29 is 9.13 Å². The fourth-order valence-electron chi connectivity index (χ4n) is 2.60. The number of benzene rings is 3. The Bertz CT molecular complexity index is 798. The summed E-state index contributed by atoms with van der Waals surface area (Å²) < 4.78 is 19.0. The van der Waals surface area contributed by atoms with E-state index in [4.69, 9.17) is 10.5 Å². The molecule has 0 spiro atoms. The highest BCUT2D eigenvalue weighted by molar-refractivity contribution is 6.00. The predicted octanol–water partition coefficient (Wildman–Crippen LogP) is 4.11. The number of ether oxygens (including phenoxy) is 1. The summed E-state index contributed by atoms with van der Waals surface area (Å²) >= 11 is 0. The number of halogens is 1. The van der Waals surface area contributed by atoms with Crippen molar-refractivity contribution in [2.75, 3.05) is 7.11 Å². The average molecular weight is 281 g/mol. The zero-order valence-corrected chi connectivity index (χ0v) is 11.8. The third-order valence-electron chi connectivity index (χ3n) is 3.68. The lowest BCUT2D eigenvalue weighted by Crippen LogP contribution is -2.00. The van der Waals surface area contributed by atoms with Gasteiger partial charge in [0, 0.05) is 17.5 Å². The second kappa shape index (κ2) is 5.54. The Morgan fingerprint density at radius 2 is 1.76 bits per heavy atom. The molecule has 2 N–H and O–H groups in total. The first-order valence-electron chi connectivity index (χ1n) is 6.79. The maximum absolute atomic E-state index is 13.6. The summed E-state index contributed by atoms with van der Waals surface area (Å²) in [7, 11) is 1.66. The van der Waals surface area contributed by atoms with E-state index in [0.29, 0.717) is 5.56 Å².